The highest BCUT2D eigenvalue weighted by molar-refractivity contribution is 7.09. The van der Waals surface area contributed by atoms with Crippen LogP contribution in [0.5, 0.6) is 0 Å². The summed E-state index contributed by atoms with van der Waals surface area (Å²) in [5.74, 6) is 0.356. The summed E-state index contributed by atoms with van der Waals surface area (Å²) in [7, 11) is 0. The van der Waals surface area contributed by atoms with Gasteiger partial charge in [0.1, 0.15) is 0 Å². The van der Waals surface area contributed by atoms with Crippen LogP contribution in [-0.2, 0) is 4.74 Å². The number of rotatable bonds is 1. The van der Waals surface area contributed by atoms with Crippen molar-refractivity contribution in [3.05, 3.63) is 0 Å². The van der Waals surface area contributed by atoms with Crippen molar-refractivity contribution in [3.8, 4) is 0 Å². The summed E-state index contributed by atoms with van der Waals surface area (Å²) >= 11 is 1.34. The Morgan fingerprint density at radius 2 is 2.36 bits per heavy atom. The monoisotopic (exact) mass is 214 g/mol. The van der Waals surface area contributed by atoms with Crippen LogP contribution in [0.15, 0.2) is 0 Å². The van der Waals surface area contributed by atoms with Gasteiger partial charge in [-0.25, -0.2) is 0 Å². The maximum Gasteiger partial charge on any atom is 0.233 e. The summed E-state index contributed by atoms with van der Waals surface area (Å²) in [4.78, 5) is 6.32. The number of anilines is 2. The fourth-order valence-electron chi connectivity index (χ4n) is 1.53. The lowest BCUT2D eigenvalue weighted by Gasteiger charge is -2.37. The van der Waals surface area contributed by atoms with Crippen molar-refractivity contribution in [3.63, 3.8) is 0 Å². The smallest absolute Gasteiger partial charge is 0.233 e. The molecule has 0 spiro atoms. The molecule has 0 atom stereocenters. The van der Waals surface area contributed by atoms with E-state index in [1.807, 2.05) is 0 Å². The molecule has 0 amide bonds. The number of nitrogens with zero attached hydrogens (tertiary/aromatic N) is 3. The lowest BCUT2D eigenvalue weighted by atomic mass is 10.1. The Morgan fingerprint density at radius 3 is 2.93 bits per heavy atom. The van der Waals surface area contributed by atoms with Crippen LogP contribution in [0, 0.1) is 0 Å². The Bertz CT molecular complexity index is 325. The number of nitrogen functional groups attached to an aromatic ring is 1. The minimum absolute atomic E-state index is 0.112. The van der Waals surface area contributed by atoms with E-state index in [0.29, 0.717) is 5.95 Å². The molecule has 0 unspecified atom stereocenters. The van der Waals surface area contributed by atoms with Crippen LogP contribution in [0.25, 0.3) is 0 Å². The molecule has 0 aromatic carbocycles. The average molecular weight is 214 g/mol. The number of aromatic nitrogens is 2. The van der Waals surface area contributed by atoms with Crippen molar-refractivity contribution in [2.75, 3.05) is 30.3 Å². The van der Waals surface area contributed by atoms with Crippen LogP contribution < -0.4 is 10.6 Å². The number of hydrogen-bond acceptors (Lipinski definition) is 6. The van der Waals surface area contributed by atoms with E-state index in [-0.39, 0.29) is 5.60 Å². The molecule has 14 heavy (non-hydrogen) atoms. The van der Waals surface area contributed by atoms with Crippen molar-refractivity contribution in [1.82, 2.24) is 9.36 Å². The molecule has 1 aromatic heterocycles. The molecule has 2 N–H and O–H groups in total. The molecule has 78 valence electrons. The zero-order valence-electron chi connectivity index (χ0n) is 8.36. The van der Waals surface area contributed by atoms with E-state index in [9.17, 15) is 0 Å². The SMILES string of the molecule is CC1(C)CN(c2nc(N)ns2)CCO1. The van der Waals surface area contributed by atoms with Gasteiger partial charge in [-0.3, -0.25) is 0 Å². The Kier molecular flexibility index (Phi) is 2.32. The van der Waals surface area contributed by atoms with Gasteiger partial charge in [-0.1, -0.05) is 0 Å². The highest BCUT2D eigenvalue weighted by Crippen LogP contribution is 2.24. The van der Waals surface area contributed by atoms with Crippen LogP contribution in [0.2, 0.25) is 0 Å². The molecular formula is C8H14N4OS. The van der Waals surface area contributed by atoms with E-state index < -0.39 is 0 Å². The molecule has 2 heterocycles. The van der Waals surface area contributed by atoms with Crippen molar-refractivity contribution < 1.29 is 4.74 Å². The number of morpholine rings is 1. The van der Waals surface area contributed by atoms with E-state index in [1.54, 1.807) is 0 Å². The predicted molar refractivity (Wildman–Crippen MR) is 56.6 cm³/mol. The fourth-order valence-corrected chi connectivity index (χ4v) is 2.16. The second-order valence-corrected chi connectivity index (χ2v) is 4.70. The quantitative estimate of drug-likeness (QED) is 0.747. The van der Waals surface area contributed by atoms with Crippen LogP contribution in [0.3, 0.4) is 0 Å². The number of ether oxygens (including phenoxy) is 1. The first-order valence-corrected chi connectivity index (χ1v) is 5.32. The van der Waals surface area contributed by atoms with Gasteiger partial charge in [-0.15, -0.1) is 0 Å². The van der Waals surface area contributed by atoms with Crippen molar-refractivity contribution in [1.29, 1.82) is 0 Å². The molecule has 0 bridgehead atoms. The zero-order chi connectivity index (χ0) is 10.2. The maximum atomic E-state index is 5.61. The van der Waals surface area contributed by atoms with Crippen molar-refractivity contribution in [2.45, 2.75) is 19.4 Å². The van der Waals surface area contributed by atoms with E-state index >= 15 is 0 Å². The van der Waals surface area contributed by atoms with Crippen LogP contribution >= 0.6 is 11.5 Å². The molecule has 1 aromatic rings. The first-order valence-electron chi connectivity index (χ1n) is 4.55. The summed E-state index contributed by atoms with van der Waals surface area (Å²) in [6.07, 6.45) is 0. The summed E-state index contributed by atoms with van der Waals surface area (Å²) in [5.41, 5.74) is 5.37. The summed E-state index contributed by atoms with van der Waals surface area (Å²) < 4.78 is 9.57. The van der Waals surface area contributed by atoms with Crippen molar-refractivity contribution in [2.24, 2.45) is 0 Å². The molecule has 1 aliphatic rings. The Hall–Kier alpha value is -0.880. The molecule has 0 radical (unpaired) electrons. The average Bonchev–Trinajstić information content (AvgIpc) is 2.50. The standard InChI is InChI=1S/C8H14N4OS/c1-8(2)5-12(3-4-13-8)7-10-6(9)11-14-7/h3-5H2,1-2H3,(H2,9,11). The van der Waals surface area contributed by atoms with Gasteiger partial charge in [0.2, 0.25) is 11.1 Å². The van der Waals surface area contributed by atoms with Gasteiger partial charge in [-0.05, 0) is 13.8 Å². The third kappa shape index (κ3) is 1.96. The highest BCUT2D eigenvalue weighted by atomic mass is 32.1. The van der Waals surface area contributed by atoms with Gasteiger partial charge in [0.25, 0.3) is 0 Å². The van der Waals surface area contributed by atoms with Gasteiger partial charge in [0.15, 0.2) is 0 Å². The van der Waals surface area contributed by atoms with E-state index in [4.69, 9.17) is 10.5 Å². The third-order valence-corrected chi connectivity index (χ3v) is 2.92. The second-order valence-electron chi connectivity index (χ2n) is 3.96. The van der Waals surface area contributed by atoms with E-state index in [0.717, 1.165) is 24.8 Å². The van der Waals surface area contributed by atoms with Crippen LogP contribution in [-0.4, -0.2) is 34.7 Å². The second kappa shape index (κ2) is 3.36. The van der Waals surface area contributed by atoms with Gasteiger partial charge in [-0.2, -0.15) is 9.36 Å². The number of hydrogen-bond donors (Lipinski definition) is 1. The Morgan fingerprint density at radius 1 is 1.57 bits per heavy atom. The van der Waals surface area contributed by atoms with E-state index in [1.165, 1.54) is 11.5 Å². The molecule has 6 heteroatoms. The molecule has 0 aliphatic carbocycles. The summed E-state index contributed by atoms with van der Waals surface area (Å²) in [6, 6.07) is 0. The summed E-state index contributed by atoms with van der Waals surface area (Å²) in [5, 5.41) is 0.888. The van der Waals surface area contributed by atoms with Crippen LogP contribution in [0.1, 0.15) is 13.8 Å². The summed E-state index contributed by atoms with van der Waals surface area (Å²) in [6.45, 7) is 6.57. The number of nitrogens with two attached hydrogens (primary N) is 1. The minimum Gasteiger partial charge on any atom is -0.372 e. The maximum absolute atomic E-state index is 5.61. The molecular weight excluding hydrogens is 200 g/mol. The molecule has 0 saturated carbocycles. The molecule has 1 aliphatic heterocycles. The van der Waals surface area contributed by atoms with Crippen molar-refractivity contribution >= 4 is 22.6 Å². The van der Waals surface area contributed by atoms with Gasteiger partial charge in [0, 0.05) is 24.6 Å². The predicted octanol–water partition coefficient (Wildman–Crippen LogP) is 0.736. The lowest BCUT2D eigenvalue weighted by Crippen LogP contribution is -2.48. The highest BCUT2D eigenvalue weighted by Gasteiger charge is 2.28. The van der Waals surface area contributed by atoms with Crippen LogP contribution in [0.4, 0.5) is 11.1 Å². The third-order valence-electron chi connectivity index (χ3n) is 2.13. The lowest BCUT2D eigenvalue weighted by molar-refractivity contribution is -0.0276. The zero-order valence-corrected chi connectivity index (χ0v) is 9.17. The fraction of sp³-hybridized carbons (Fsp3) is 0.750. The first-order chi connectivity index (χ1) is 6.57. The molecule has 2 rings (SSSR count). The molecule has 5 nitrogen and oxygen atoms in total. The first kappa shape index (κ1) is 9.67. The molecule has 1 saturated heterocycles. The largest absolute Gasteiger partial charge is 0.372 e. The minimum atomic E-state index is -0.112. The Labute approximate surface area is 87.0 Å². The van der Waals surface area contributed by atoms with Gasteiger partial charge < -0.3 is 15.4 Å². The normalized spacial score (nSPS) is 21.1. The topological polar surface area (TPSA) is 64.3 Å². The van der Waals surface area contributed by atoms with Gasteiger partial charge >= 0.3 is 0 Å². The van der Waals surface area contributed by atoms with Gasteiger partial charge in [0.05, 0.1) is 12.2 Å². The molecule has 1 fully saturated rings. The van der Waals surface area contributed by atoms with E-state index in [2.05, 4.69) is 28.1 Å². The Balaban J connectivity index is 2.12.